The molecule has 0 aliphatic carbocycles. The number of aliphatic carboxylic acids is 1. The van der Waals surface area contributed by atoms with Crippen LogP contribution in [0.3, 0.4) is 0 Å². The molecule has 1 aliphatic rings. The molecule has 4 nitrogen and oxygen atoms in total. The van der Waals surface area contributed by atoms with Crippen molar-refractivity contribution in [2.45, 2.75) is 13.0 Å². The highest BCUT2D eigenvalue weighted by molar-refractivity contribution is 5.72. The van der Waals surface area contributed by atoms with Crippen LogP contribution in [0.1, 0.15) is 12.5 Å². The average molecular weight is 274 g/mol. The molecule has 1 heterocycles. The fourth-order valence-electron chi connectivity index (χ4n) is 2.39. The van der Waals surface area contributed by atoms with Crippen LogP contribution in [0.4, 0.5) is 0 Å². The van der Waals surface area contributed by atoms with Crippen LogP contribution in [-0.4, -0.2) is 59.6 Å². The van der Waals surface area contributed by atoms with Crippen molar-refractivity contribution < 1.29 is 9.90 Å². The van der Waals surface area contributed by atoms with E-state index in [0.29, 0.717) is 0 Å². The van der Waals surface area contributed by atoms with E-state index in [1.54, 1.807) is 6.92 Å². The van der Waals surface area contributed by atoms with E-state index < -0.39 is 5.97 Å². The Labute approximate surface area is 120 Å². The maximum Gasteiger partial charge on any atom is 0.320 e. The first-order valence-electron chi connectivity index (χ1n) is 7.07. The van der Waals surface area contributed by atoms with Crippen LogP contribution in [0.15, 0.2) is 36.4 Å². The van der Waals surface area contributed by atoms with Gasteiger partial charge in [-0.05, 0) is 12.5 Å². The zero-order valence-electron chi connectivity index (χ0n) is 11.9. The number of hydrogen-bond donors (Lipinski definition) is 1. The minimum atomic E-state index is -0.734. The molecule has 1 unspecified atom stereocenters. The molecule has 1 aliphatic heterocycles. The summed E-state index contributed by atoms with van der Waals surface area (Å²) < 4.78 is 0. The van der Waals surface area contributed by atoms with Crippen molar-refractivity contribution in [1.29, 1.82) is 0 Å². The molecule has 1 aromatic rings. The standard InChI is InChI=1S/C16H22N2O2/c1-14(16(19)20)18-12-10-17(11-13-18)9-5-8-15-6-3-2-4-7-15/h2-8,14H,9-13H2,1H3,(H,19,20). The molecule has 0 saturated carbocycles. The van der Waals surface area contributed by atoms with Crippen molar-refractivity contribution in [3.63, 3.8) is 0 Å². The van der Waals surface area contributed by atoms with Crippen molar-refractivity contribution in [1.82, 2.24) is 9.80 Å². The van der Waals surface area contributed by atoms with Crippen LogP contribution in [0.5, 0.6) is 0 Å². The third-order valence-electron chi connectivity index (χ3n) is 3.79. The van der Waals surface area contributed by atoms with Gasteiger partial charge in [0, 0.05) is 32.7 Å². The molecule has 0 radical (unpaired) electrons. The second kappa shape index (κ2) is 7.22. The van der Waals surface area contributed by atoms with E-state index in [2.05, 4.69) is 29.2 Å². The molecule has 1 fully saturated rings. The summed E-state index contributed by atoms with van der Waals surface area (Å²) >= 11 is 0. The zero-order valence-corrected chi connectivity index (χ0v) is 11.9. The van der Waals surface area contributed by atoms with Crippen LogP contribution in [-0.2, 0) is 4.79 Å². The maximum absolute atomic E-state index is 10.9. The van der Waals surface area contributed by atoms with E-state index in [1.807, 2.05) is 23.1 Å². The SMILES string of the molecule is CC(C(=O)O)N1CCN(CC=Cc2ccccc2)CC1. The molecule has 1 saturated heterocycles. The summed E-state index contributed by atoms with van der Waals surface area (Å²) in [5.41, 5.74) is 1.21. The topological polar surface area (TPSA) is 43.8 Å². The lowest BCUT2D eigenvalue weighted by molar-refractivity contribution is -0.143. The van der Waals surface area contributed by atoms with Gasteiger partial charge in [0.05, 0.1) is 0 Å². The highest BCUT2D eigenvalue weighted by Crippen LogP contribution is 2.07. The maximum atomic E-state index is 10.9. The van der Waals surface area contributed by atoms with Crippen LogP contribution in [0.25, 0.3) is 6.08 Å². The van der Waals surface area contributed by atoms with Gasteiger partial charge in [0.25, 0.3) is 0 Å². The number of piperazine rings is 1. The van der Waals surface area contributed by atoms with Gasteiger partial charge >= 0.3 is 5.97 Å². The lowest BCUT2D eigenvalue weighted by Crippen LogP contribution is -2.51. The Bertz CT molecular complexity index is 451. The van der Waals surface area contributed by atoms with Crippen molar-refractivity contribution in [2.75, 3.05) is 32.7 Å². The molecule has 4 heteroatoms. The Balaban J connectivity index is 1.75. The second-order valence-electron chi connectivity index (χ2n) is 5.16. The van der Waals surface area contributed by atoms with Crippen molar-refractivity contribution in [3.05, 3.63) is 42.0 Å². The van der Waals surface area contributed by atoms with E-state index in [0.717, 1.165) is 32.7 Å². The largest absolute Gasteiger partial charge is 0.480 e. The fraction of sp³-hybridized carbons (Fsp3) is 0.438. The van der Waals surface area contributed by atoms with Gasteiger partial charge in [-0.3, -0.25) is 14.6 Å². The molecule has 108 valence electrons. The molecule has 0 amide bonds. The highest BCUT2D eigenvalue weighted by Gasteiger charge is 2.24. The van der Waals surface area contributed by atoms with Gasteiger partial charge in [-0.2, -0.15) is 0 Å². The van der Waals surface area contributed by atoms with E-state index in [4.69, 9.17) is 5.11 Å². The van der Waals surface area contributed by atoms with E-state index in [-0.39, 0.29) is 6.04 Å². The van der Waals surface area contributed by atoms with Gasteiger partial charge in [0.1, 0.15) is 6.04 Å². The Kier molecular flexibility index (Phi) is 5.32. The number of hydrogen-bond acceptors (Lipinski definition) is 3. The number of carbonyl (C=O) groups is 1. The molecule has 0 aromatic heterocycles. The van der Waals surface area contributed by atoms with Crippen LogP contribution >= 0.6 is 0 Å². The first kappa shape index (κ1) is 14.8. The van der Waals surface area contributed by atoms with E-state index in [9.17, 15) is 4.79 Å². The number of carboxylic acid groups (broad SMARTS) is 1. The minimum Gasteiger partial charge on any atom is -0.480 e. The summed E-state index contributed by atoms with van der Waals surface area (Å²) in [5.74, 6) is -0.734. The van der Waals surface area contributed by atoms with E-state index >= 15 is 0 Å². The summed E-state index contributed by atoms with van der Waals surface area (Å²) in [5, 5.41) is 9.00. The summed E-state index contributed by atoms with van der Waals surface area (Å²) in [6, 6.07) is 9.88. The first-order chi connectivity index (χ1) is 9.66. The minimum absolute atomic E-state index is 0.378. The van der Waals surface area contributed by atoms with Crippen LogP contribution in [0.2, 0.25) is 0 Å². The predicted octanol–water partition coefficient (Wildman–Crippen LogP) is 1.79. The summed E-state index contributed by atoms with van der Waals surface area (Å²) in [6.45, 7) is 6.18. The molecule has 0 bridgehead atoms. The first-order valence-corrected chi connectivity index (χ1v) is 7.07. The third kappa shape index (κ3) is 4.18. The molecule has 1 atom stereocenters. The van der Waals surface area contributed by atoms with Crippen molar-refractivity contribution in [3.8, 4) is 0 Å². The highest BCUT2D eigenvalue weighted by atomic mass is 16.4. The molecule has 0 spiro atoms. The smallest absolute Gasteiger partial charge is 0.320 e. The van der Waals surface area contributed by atoms with Gasteiger partial charge in [0.15, 0.2) is 0 Å². The fourth-order valence-corrected chi connectivity index (χ4v) is 2.39. The number of carboxylic acids is 1. The number of rotatable bonds is 5. The Hall–Kier alpha value is -1.65. The quantitative estimate of drug-likeness (QED) is 0.889. The lowest BCUT2D eigenvalue weighted by Gasteiger charge is -2.36. The summed E-state index contributed by atoms with van der Waals surface area (Å²) in [6.07, 6.45) is 4.30. The van der Waals surface area contributed by atoms with Gasteiger partial charge < -0.3 is 5.11 Å². The zero-order chi connectivity index (χ0) is 14.4. The summed E-state index contributed by atoms with van der Waals surface area (Å²) in [4.78, 5) is 15.3. The Morgan fingerprint density at radius 3 is 2.50 bits per heavy atom. The average Bonchev–Trinajstić information content (AvgIpc) is 2.48. The van der Waals surface area contributed by atoms with Gasteiger partial charge in [-0.25, -0.2) is 0 Å². The van der Waals surface area contributed by atoms with Gasteiger partial charge in [-0.1, -0.05) is 42.5 Å². The predicted molar refractivity (Wildman–Crippen MR) is 80.6 cm³/mol. The molecular formula is C16H22N2O2. The molecule has 1 aromatic carbocycles. The molecule has 1 N–H and O–H groups in total. The van der Waals surface area contributed by atoms with E-state index in [1.165, 1.54) is 5.56 Å². The van der Waals surface area contributed by atoms with Gasteiger partial charge in [0.2, 0.25) is 0 Å². The Morgan fingerprint density at radius 2 is 1.90 bits per heavy atom. The Morgan fingerprint density at radius 1 is 1.25 bits per heavy atom. The summed E-state index contributed by atoms with van der Waals surface area (Å²) in [7, 11) is 0. The monoisotopic (exact) mass is 274 g/mol. The van der Waals surface area contributed by atoms with Crippen molar-refractivity contribution in [2.24, 2.45) is 0 Å². The van der Waals surface area contributed by atoms with Crippen LogP contribution in [0, 0.1) is 0 Å². The lowest BCUT2D eigenvalue weighted by atomic mass is 10.2. The second-order valence-corrected chi connectivity index (χ2v) is 5.16. The van der Waals surface area contributed by atoms with Gasteiger partial charge in [-0.15, -0.1) is 0 Å². The molecule has 2 rings (SSSR count). The third-order valence-corrected chi connectivity index (χ3v) is 3.79. The number of nitrogens with zero attached hydrogens (tertiary/aromatic N) is 2. The normalized spacial score (nSPS) is 19.2. The van der Waals surface area contributed by atoms with Crippen molar-refractivity contribution >= 4 is 12.0 Å². The van der Waals surface area contributed by atoms with Crippen LogP contribution < -0.4 is 0 Å². The number of benzene rings is 1. The molecular weight excluding hydrogens is 252 g/mol. The molecule has 20 heavy (non-hydrogen) atoms.